The highest BCUT2D eigenvalue weighted by Gasteiger charge is 2.30. The van der Waals surface area contributed by atoms with Crippen LogP contribution in [-0.4, -0.2) is 42.5 Å². The smallest absolute Gasteiger partial charge is 0.237 e. The summed E-state index contributed by atoms with van der Waals surface area (Å²) >= 11 is 0. The van der Waals surface area contributed by atoms with Gasteiger partial charge in [-0.2, -0.15) is 0 Å². The van der Waals surface area contributed by atoms with Gasteiger partial charge in [-0.25, -0.2) is 0 Å². The lowest BCUT2D eigenvalue weighted by Crippen LogP contribution is -2.61. The molecule has 1 aliphatic rings. The number of nitrogens with zero attached hydrogens (tertiary/aromatic N) is 1. The van der Waals surface area contributed by atoms with Gasteiger partial charge in [0.25, 0.3) is 0 Å². The Morgan fingerprint density at radius 1 is 1.67 bits per heavy atom. The first-order chi connectivity index (χ1) is 8.72. The van der Waals surface area contributed by atoms with Crippen molar-refractivity contribution in [1.29, 1.82) is 0 Å². The van der Waals surface area contributed by atoms with Crippen molar-refractivity contribution in [2.75, 3.05) is 19.6 Å². The van der Waals surface area contributed by atoms with Crippen LogP contribution in [0.5, 0.6) is 0 Å². The molecule has 1 saturated heterocycles. The van der Waals surface area contributed by atoms with Crippen LogP contribution in [0.2, 0.25) is 0 Å². The third-order valence-corrected chi connectivity index (χ3v) is 3.49. The van der Waals surface area contributed by atoms with E-state index in [9.17, 15) is 4.79 Å². The third-order valence-electron chi connectivity index (χ3n) is 3.49. The number of amides is 1. The average molecular weight is 251 g/mol. The molecule has 1 atom stereocenters. The predicted octanol–water partition coefficient (Wildman–Crippen LogP) is 0.578. The second-order valence-corrected chi connectivity index (χ2v) is 4.62. The SMILES string of the molecule is CCN(C1CNC1)C(C)C(=O)NCc1ccco1. The Balaban J connectivity index is 1.83. The summed E-state index contributed by atoms with van der Waals surface area (Å²) in [6.45, 7) is 7.35. The molecule has 0 aliphatic carbocycles. The van der Waals surface area contributed by atoms with E-state index in [-0.39, 0.29) is 11.9 Å². The molecule has 0 bridgehead atoms. The minimum Gasteiger partial charge on any atom is -0.467 e. The number of nitrogens with one attached hydrogen (secondary N) is 2. The van der Waals surface area contributed by atoms with Crippen molar-refractivity contribution in [3.63, 3.8) is 0 Å². The molecule has 0 radical (unpaired) electrons. The van der Waals surface area contributed by atoms with Crippen molar-refractivity contribution in [2.24, 2.45) is 0 Å². The number of carbonyl (C=O) groups is 1. The quantitative estimate of drug-likeness (QED) is 0.776. The van der Waals surface area contributed by atoms with Crippen LogP contribution in [0, 0.1) is 0 Å². The summed E-state index contributed by atoms with van der Waals surface area (Å²) in [4.78, 5) is 14.3. The normalized spacial score (nSPS) is 17.5. The van der Waals surface area contributed by atoms with Crippen molar-refractivity contribution in [1.82, 2.24) is 15.5 Å². The topological polar surface area (TPSA) is 57.5 Å². The molecule has 5 heteroatoms. The van der Waals surface area contributed by atoms with Gasteiger partial charge >= 0.3 is 0 Å². The summed E-state index contributed by atoms with van der Waals surface area (Å²) in [5.41, 5.74) is 0. The first-order valence-electron chi connectivity index (χ1n) is 6.49. The summed E-state index contributed by atoms with van der Waals surface area (Å²) in [5, 5.41) is 6.14. The summed E-state index contributed by atoms with van der Waals surface area (Å²) in [6.07, 6.45) is 1.61. The van der Waals surface area contributed by atoms with Gasteiger partial charge in [-0.05, 0) is 25.6 Å². The molecule has 1 aliphatic heterocycles. The van der Waals surface area contributed by atoms with Gasteiger partial charge in [0.1, 0.15) is 5.76 Å². The summed E-state index contributed by atoms with van der Waals surface area (Å²) < 4.78 is 5.19. The lowest BCUT2D eigenvalue weighted by molar-refractivity contribution is -0.127. The second kappa shape index (κ2) is 6.02. The fourth-order valence-corrected chi connectivity index (χ4v) is 2.24. The molecule has 0 spiro atoms. The van der Waals surface area contributed by atoms with Crippen LogP contribution in [0.15, 0.2) is 22.8 Å². The predicted molar refractivity (Wildman–Crippen MR) is 69.1 cm³/mol. The minimum absolute atomic E-state index is 0.0557. The standard InChI is InChI=1S/C13H21N3O2/c1-3-16(11-7-14-8-11)10(2)13(17)15-9-12-5-4-6-18-12/h4-6,10-11,14H,3,7-9H2,1-2H3,(H,15,17). The molecule has 18 heavy (non-hydrogen) atoms. The van der Waals surface area contributed by atoms with Crippen LogP contribution in [-0.2, 0) is 11.3 Å². The van der Waals surface area contributed by atoms with Crippen LogP contribution in [0.25, 0.3) is 0 Å². The Labute approximate surface area is 108 Å². The lowest BCUT2D eigenvalue weighted by Gasteiger charge is -2.40. The summed E-state index contributed by atoms with van der Waals surface area (Å²) in [7, 11) is 0. The zero-order valence-corrected chi connectivity index (χ0v) is 11.0. The number of furan rings is 1. The van der Waals surface area contributed by atoms with Gasteiger partial charge in [-0.3, -0.25) is 9.69 Å². The molecule has 5 nitrogen and oxygen atoms in total. The maximum atomic E-state index is 12.1. The van der Waals surface area contributed by atoms with Crippen molar-refractivity contribution >= 4 is 5.91 Å². The molecule has 2 rings (SSSR count). The van der Waals surface area contributed by atoms with E-state index in [1.54, 1.807) is 6.26 Å². The van der Waals surface area contributed by atoms with E-state index in [0.29, 0.717) is 12.6 Å². The third kappa shape index (κ3) is 2.91. The number of rotatable bonds is 6. The van der Waals surface area contributed by atoms with Gasteiger partial charge in [0.05, 0.1) is 18.8 Å². The molecule has 2 N–H and O–H groups in total. The Hall–Kier alpha value is -1.33. The lowest BCUT2D eigenvalue weighted by atomic mass is 10.1. The van der Waals surface area contributed by atoms with Crippen LogP contribution >= 0.6 is 0 Å². The fourth-order valence-electron chi connectivity index (χ4n) is 2.24. The average Bonchev–Trinajstić information content (AvgIpc) is 2.82. The summed E-state index contributed by atoms with van der Waals surface area (Å²) in [5.74, 6) is 0.837. The molecular formula is C13H21N3O2. The summed E-state index contributed by atoms with van der Waals surface area (Å²) in [6, 6.07) is 4.07. The molecule has 100 valence electrons. The van der Waals surface area contributed by atoms with Gasteiger partial charge in [-0.1, -0.05) is 6.92 Å². The first kappa shape index (κ1) is 13.1. The van der Waals surface area contributed by atoms with Gasteiger partial charge in [0, 0.05) is 19.1 Å². The van der Waals surface area contributed by atoms with Crippen molar-refractivity contribution in [2.45, 2.75) is 32.5 Å². The van der Waals surface area contributed by atoms with Crippen molar-refractivity contribution < 1.29 is 9.21 Å². The Kier molecular flexibility index (Phi) is 4.38. The first-order valence-corrected chi connectivity index (χ1v) is 6.49. The highest BCUT2D eigenvalue weighted by molar-refractivity contribution is 5.81. The molecule has 1 unspecified atom stereocenters. The molecule has 1 amide bonds. The van der Waals surface area contributed by atoms with Crippen LogP contribution < -0.4 is 10.6 Å². The van der Waals surface area contributed by atoms with Gasteiger partial charge in [0.15, 0.2) is 0 Å². The Bertz CT molecular complexity index is 374. The van der Waals surface area contributed by atoms with E-state index in [1.807, 2.05) is 19.1 Å². The number of hydrogen-bond donors (Lipinski definition) is 2. The monoisotopic (exact) mass is 251 g/mol. The van der Waals surface area contributed by atoms with E-state index in [2.05, 4.69) is 22.5 Å². The maximum Gasteiger partial charge on any atom is 0.237 e. The van der Waals surface area contributed by atoms with E-state index in [1.165, 1.54) is 0 Å². The van der Waals surface area contributed by atoms with Crippen LogP contribution in [0.3, 0.4) is 0 Å². The Morgan fingerprint density at radius 2 is 2.44 bits per heavy atom. The van der Waals surface area contributed by atoms with Gasteiger partial charge < -0.3 is 15.1 Å². The van der Waals surface area contributed by atoms with Crippen molar-refractivity contribution in [3.05, 3.63) is 24.2 Å². The maximum absolute atomic E-state index is 12.1. The number of likely N-dealkylation sites (N-methyl/N-ethyl adjacent to an activating group) is 1. The molecule has 0 saturated carbocycles. The number of hydrogen-bond acceptors (Lipinski definition) is 4. The fraction of sp³-hybridized carbons (Fsp3) is 0.615. The van der Waals surface area contributed by atoms with E-state index in [4.69, 9.17) is 4.42 Å². The molecule has 1 aromatic heterocycles. The van der Waals surface area contributed by atoms with Crippen LogP contribution in [0.1, 0.15) is 19.6 Å². The zero-order valence-electron chi connectivity index (χ0n) is 11.0. The molecule has 1 fully saturated rings. The highest BCUT2D eigenvalue weighted by atomic mass is 16.3. The zero-order chi connectivity index (χ0) is 13.0. The van der Waals surface area contributed by atoms with Crippen LogP contribution in [0.4, 0.5) is 0 Å². The van der Waals surface area contributed by atoms with E-state index < -0.39 is 0 Å². The van der Waals surface area contributed by atoms with Gasteiger partial charge in [-0.15, -0.1) is 0 Å². The molecular weight excluding hydrogens is 230 g/mol. The van der Waals surface area contributed by atoms with Crippen molar-refractivity contribution in [3.8, 4) is 0 Å². The number of carbonyl (C=O) groups excluding carboxylic acids is 1. The molecule has 1 aromatic rings. The van der Waals surface area contributed by atoms with E-state index in [0.717, 1.165) is 25.4 Å². The highest BCUT2D eigenvalue weighted by Crippen LogP contribution is 2.10. The molecule has 2 heterocycles. The second-order valence-electron chi connectivity index (χ2n) is 4.62. The van der Waals surface area contributed by atoms with E-state index >= 15 is 0 Å². The molecule has 0 aromatic carbocycles. The largest absolute Gasteiger partial charge is 0.467 e. The minimum atomic E-state index is -0.0999. The van der Waals surface area contributed by atoms with Gasteiger partial charge in [0.2, 0.25) is 5.91 Å². The Morgan fingerprint density at radius 3 is 2.94 bits per heavy atom.